The lowest BCUT2D eigenvalue weighted by molar-refractivity contribution is -0.123. The van der Waals surface area contributed by atoms with E-state index in [0.29, 0.717) is 52.9 Å². The SMILES string of the molecule is O=C(COc1cccc(Cc2noc(-c3cccnc3OCC3CCCC3)n2)c1Cl)NCCO. The molecule has 180 valence electrons. The third-order valence-corrected chi connectivity index (χ3v) is 6.01. The van der Waals surface area contributed by atoms with E-state index >= 15 is 0 Å². The van der Waals surface area contributed by atoms with Crippen LogP contribution in [0.3, 0.4) is 0 Å². The van der Waals surface area contributed by atoms with Gasteiger partial charge in [0.05, 0.1) is 18.2 Å². The van der Waals surface area contributed by atoms with Gasteiger partial charge in [0.1, 0.15) is 11.3 Å². The van der Waals surface area contributed by atoms with Crippen molar-refractivity contribution in [3.05, 3.63) is 52.9 Å². The molecule has 0 radical (unpaired) electrons. The molecule has 2 N–H and O–H groups in total. The molecule has 0 atom stereocenters. The van der Waals surface area contributed by atoms with Crippen molar-refractivity contribution < 1.29 is 23.9 Å². The molecule has 3 aromatic rings. The molecule has 0 aliphatic heterocycles. The van der Waals surface area contributed by atoms with Crippen LogP contribution in [-0.2, 0) is 11.2 Å². The van der Waals surface area contributed by atoms with Gasteiger partial charge >= 0.3 is 0 Å². The number of aliphatic hydroxyl groups excluding tert-OH is 1. The van der Waals surface area contributed by atoms with Gasteiger partial charge in [0, 0.05) is 19.2 Å². The van der Waals surface area contributed by atoms with Crippen LogP contribution < -0.4 is 14.8 Å². The highest BCUT2D eigenvalue weighted by Crippen LogP contribution is 2.32. The number of hydrogen-bond acceptors (Lipinski definition) is 8. The minimum Gasteiger partial charge on any atom is -0.482 e. The fraction of sp³-hybridized carbons (Fsp3) is 0.417. The Hall–Kier alpha value is -3.17. The zero-order chi connectivity index (χ0) is 23.8. The van der Waals surface area contributed by atoms with Gasteiger partial charge in [-0.05, 0) is 42.5 Å². The van der Waals surface area contributed by atoms with Crippen LogP contribution in [0.15, 0.2) is 41.1 Å². The highest BCUT2D eigenvalue weighted by atomic mass is 35.5. The van der Waals surface area contributed by atoms with Crippen LogP contribution in [0.4, 0.5) is 0 Å². The average Bonchev–Trinajstić information content (AvgIpc) is 3.54. The predicted octanol–water partition coefficient (Wildman–Crippen LogP) is 3.43. The summed E-state index contributed by atoms with van der Waals surface area (Å²) in [5.74, 6) is 1.84. The molecule has 2 aromatic heterocycles. The van der Waals surface area contributed by atoms with E-state index in [1.807, 2.05) is 12.1 Å². The number of amides is 1. The Morgan fingerprint density at radius 3 is 2.88 bits per heavy atom. The number of hydrogen-bond donors (Lipinski definition) is 2. The number of nitrogens with one attached hydrogen (secondary N) is 1. The fourth-order valence-corrected chi connectivity index (χ4v) is 4.09. The molecule has 1 fully saturated rings. The minimum absolute atomic E-state index is 0.137. The van der Waals surface area contributed by atoms with Crippen molar-refractivity contribution in [2.75, 3.05) is 26.4 Å². The lowest BCUT2D eigenvalue weighted by Crippen LogP contribution is -2.31. The van der Waals surface area contributed by atoms with Gasteiger partial charge in [-0.25, -0.2) is 4.98 Å². The lowest BCUT2D eigenvalue weighted by atomic mass is 10.1. The highest BCUT2D eigenvalue weighted by molar-refractivity contribution is 6.32. The first-order valence-corrected chi connectivity index (χ1v) is 11.7. The van der Waals surface area contributed by atoms with Crippen molar-refractivity contribution in [3.8, 4) is 23.1 Å². The molecule has 0 bridgehead atoms. The number of carbonyl (C=O) groups excluding carboxylic acids is 1. The number of aromatic nitrogens is 3. The van der Waals surface area contributed by atoms with Crippen molar-refractivity contribution in [1.82, 2.24) is 20.4 Å². The number of aliphatic hydroxyl groups is 1. The van der Waals surface area contributed by atoms with Gasteiger partial charge in [-0.2, -0.15) is 4.98 Å². The molecule has 1 aliphatic carbocycles. The number of pyridine rings is 1. The molecule has 2 heterocycles. The first-order valence-electron chi connectivity index (χ1n) is 11.3. The number of nitrogens with zero attached hydrogens (tertiary/aromatic N) is 3. The first-order chi connectivity index (χ1) is 16.6. The lowest BCUT2D eigenvalue weighted by Gasteiger charge is -2.12. The quantitative estimate of drug-likeness (QED) is 0.423. The Bertz CT molecular complexity index is 1100. The van der Waals surface area contributed by atoms with Crippen LogP contribution in [0.1, 0.15) is 37.1 Å². The summed E-state index contributed by atoms with van der Waals surface area (Å²) < 4.78 is 17.0. The van der Waals surface area contributed by atoms with Gasteiger partial charge in [-0.3, -0.25) is 4.79 Å². The van der Waals surface area contributed by atoms with Gasteiger partial charge in [0.25, 0.3) is 11.8 Å². The number of carbonyl (C=O) groups is 1. The maximum absolute atomic E-state index is 11.7. The molecule has 1 saturated carbocycles. The van der Waals surface area contributed by atoms with Gasteiger partial charge in [-0.1, -0.05) is 41.7 Å². The maximum atomic E-state index is 11.7. The number of ether oxygens (including phenoxy) is 2. The second-order valence-electron chi connectivity index (χ2n) is 8.10. The van der Waals surface area contributed by atoms with Crippen LogP contribution in [0.5, 0.6) is 11.6 Å². The zero-order valence-electron chi connectivity index (χ0n) is 18.7. The average molecular weight is 487 g/mol. The predicted molar refractivity (Wildman–Crippen MR) is 125 cm³/mol. The van der Waals surface area contributed by atoms with E-state index in [4.69, 9.17) is 30.7 Å². The summed E-state index contributed by atoms with van der Waals surface area (Å²) in [6.45, 7) is 0.452. The summed E-state index contributed by atoms with van der Waals surface area (Å²) in [4.78, 5) is 20.6. The Kier molecular flexibility index (Phi) is 8.32. The Labute approximate surface area is 202 Å². The van der Waals surface area contributed by atoms with E-state index in [-0.39, 0.29) is 25.7 Å². The Morgan fingerprint density at radius 1 is 1.21 bits per heavy atom. The number of halogens is 1. The van der Waals surface area contributed by atoms with E-state index in [9.17, 15) is 4.79 Å². The van der Waals surface area contributed by atoms with Crippen molar-refractivity contribution in [3.63, 3.8) is 0 Å². The van der Waals surface area contributed by atoms with Crippen LogP contribution in [0.25, 0.3) is 11.5 Å². The topological polar surface area (TPSA) is 120 Å². The molecule has 1 aromatic carbocycles. The summed E-state index contributed by atoms with van der Waals surface area (Å²) in [6.07, 6.45) is 6.87. The first kappa shape index (κ1) is 24.0. The van der Waals surface area contributed by atoms with E-state index in [2.05, 4.69) is 20.4 Å². The molecule has 4 rings (SSSR count). The van der Waals surface area contributed by atoms with Gasteiger partial charge < -0.3 is 24.4 Å². The minimum atomic E-state index is -0.347. The molecule has 9 nitrogen and oxygen atoms in total. The summed E-state index contributed by atoms with van der Waals surface area (Å²) in [5, 5.41) is 15.7. The summed E-state index contributed by atoms with van der Waals surface area (Å²) >= 11 is 6.49. The molecule has 0 spiro atoms. The standard InChI is InChI=1S/C24H27ClN4O5/c25-22-17(7-3-9-19(22)32-15-21(31)26-11-12-30)13-20-28-24(34-29-20)18-8-4-10-27-23(18)33-14-16-5-1-2-6-16/h3-4,7-10,16,30H,1-2,5-6,11-15H2,(H,26,31). The second kappa shape index (κ2) is 11.8. The Balaban J connectivity index is 1.42. The smallest absolute Gasteiger partial charge is 0.263 e. The van der Waals surface area contributed by atoms with Crippen LogP contribution in [-0.4, -0.2) is 52.5 Å². The number of rotatable bonds is 11. The van der Waals surface area contributed by atoms with Gasteiger partial charge in [0.15, 0.2) is 12.4 Å². The van der Waals surface area contributed by atoms with E-state index in [1.54, 1.807) is 24.4 Å². The molecule has 1 aliphatic rings. The zero-order valence-corrected chi connectivity index (χ0v) is 19.5. The third kappa shape index (κ3) is 6.24. The second-order valence-corrected chi connectivity index (χ2v) is 8.48. The Morgan fingerprint density at radius 2 is 2.06 bits per heavy atom. The molecular weight excluding hydrogens is 460 g/mol. The van der Waals surface area contributed by atoms with Crippen molar-refractivity contribution in [1.29, 1.82) is 0 Å². The van der Waals surface area contributed by atoms with E-state index in [0.717, 1.165) is 5.56 Å². The summed E-state index contributed by atoms with van der Waals surface area (Å²) in [5.41, 5.74) is 1.38. The maximum Gasteiger partial charge on any atom is 0.263 e. The largest absolute Gasteiger partial charge is 0.482 e. The molecule has 34 heavy (non-hydrogen) atoms. The van der Waals surface area contributed by atoms with Crippen molar-refractivity contribution in [2.45, 2.75) is 32.1 Å². The molecule has 10 heteroatoms. The van der Waals surface area contributed by atoms with Crippen LogP contribution in [0, 0.1) is 5.92 Å². The van der Waals surface area contributed by atoms with Crippen LogP contribution in [0.2, 0.25) is 5.02 Å². The van der Waals surface area contributed by atoms with Gasteiger partial charge in [-0.15, -0.1) is 0 Å². The van der Waals surface area contributed by atoms with Crippen LogP contribution >= 0.6 is 11.6 Å². The van der Waals surface area contributed by atoms with Crippen molar-refractivity contribution in [2.24, 2.45) is 5.92 Å². The van der Waals surface area contributed by atoms with Gasteiger partial charge in [0.2, 0.25) is 5.88 Å². The number of benzene rings is 1. The molecule has 0 unspecified atom stereocenters. The molecule has 1 amide bonds. The summed E-state index contributed by atoms with van der Waals surface area (Å²) in [6, 6.07) is 8.93. The van der Waals surface area contributed by atoms with E-state index in [1.165, 1.54) is 25.7 Å². The highest BCUT2D eigenvalue weighted by Gasteiger charge is 2.20. The fourth-order valence-electron chi connectivity index (χ4n) is 3.84. The molecule has 0 saturated heterocycles. The van der Waals surface area contributed by atoms with Crippen molar-refractivity contribution >= 4 is 17.5 Å². The third-order valence-electron chi connectivity index (χ3n) is 5.58. The van der Waals surface area contributed by atoms with E-state index < -0.39 is 0 Å². The molecular formula is C24H27ClN4O5. The normalized spacial score (nSPS) is 13.7. The monoisotopic (exact) mass is 486 g/mol. The summed E-state index contributed by atoms with van der Waals surface area (Å²) in [7, 11) is 0.